The molecule has 0 aliphatic carbocycles. The van der Waals surface area contributed by atoms with Gasteiger partial charge in [-0.05, 0) is 42.5 Å². The van der Waals surface area contributed by atoms with Gasteiger partial charge in [-0.1, -0.05) is 12.1 Å². The molecule has 3 rings (SSSR count). The quantitative estimate of drug-likeness (QED) is 0.626. The average Bonchev–Trinajstić information content (AvgIpc) is 2.67. The zero-order valence-corrected chi connectivity index (χ0v) is 14.8. The Morgan fingerprint density at radius 2 is 1.70 bits per heavy atom. The molecule has 7 heteroatoms. The third kappa shape index (κ3) is 5.37. The van der Waals surface area contributed by atoms with Crippen LogP contribution in [0.25, 0.3) is 0 Å². The summed E-state index contributed by atoms with van der Waals surface area (Å²) in [6, 6.07) is 16.0. The molecule has 3 N–H and O–H groups in total. The van der Waals surface area contributed by atoms with Crippen LogP contribution in [0.2, 0.25) is 0 Å². The van der Waals surface area contributed by atoms with E-state index in [9.17, 15) is 9.59 Å². The maximum atomic E-state index is 12.5. The molecule has 2 amide bonds. The fourth-order valence-electron chi connectivity index (χ4n) is 2.43. The van der Waals surface area contributed by atoms with Gasteiger partial charge in [0.1, 0.15) is 5.82 Å². The predicted molar refractivity (Wildman–Crippen MR) is 104 cm³/mol. The topological polar surface area (TPSA) is 96.0 Å². The summed E-state index contributed by atoms with van der Waals surface area (Å²) >= 11 is 0. The van der Waals surface area contributed by atoms with Crippen LogP contribution < -0.4 is 16.0 Å². The van der Waals surface area contributed by atoms with Crippen molar-refractivity contribution in [1.82, 2.24) is 9.97 Å². The molecule has 2 aromatic heterocycles. The molecule has 0 radical (unpaired) electrons. The summed E-state index contributed by atoms with van der Waals surface area (Å²) in [7, 11) is 0. The van der Waals surface area contributed by atoms with E-state index in [4.69, 9.17) is 0 Å². The van der Waals surface area contributed by atoms with E-state index in [0.29, 0.717) is 29.3 Å². The number of nitrogens with one attached hydrogen (secondary N) is 3. The highest BCUT2D eigenvalue weighted by Gasteiger charge is 2.08. The second-order valence-electron chi connectivity index (χ2n) is 5.82. The number of carbonyl (C=O) groups excluding carboxylic acids is 2. The van der Waals surface area contributed by atoms with Crippen LogP contribution in [0.15, 0.2) is 67.0 Å². The van der Waals surface area contributed by atoms with E-state index < -0.39 is 0 Å². The van der Waals surface area contributed by atoms with Crippen LogP contribution in [-0.2, 0) is 11.3 Å². The van der Waals surface area contributed by atoms with Crippen molar-refractivity contribution in [3.8, 4) is 0 Å². The van der Waals surface area contributed by atoms with Crippen LogP contribution in [0, 0.1) is 0 Å². The van der Waals surface area contributed by atoms with E-state index in [1.165, 1.54) is 6.92 Å². The minimum Gasteiger partial charge on any atom is -0.364 e. The standard InChI is InChI=1S/C20H19N5O2/c1-14(26)24-16-6-4-7-17(12-16)25-20(27)15-8-10-22-19(11-15)23-13-18-5-2-3-9-21-18/h2-12H,13H2,1H3,(H,22,23)(H,24,26)(H,25,27). The molecule has 0 atom stereocenters. The molecule has 3 aromatic rings. The zero-order valence-electron chi connectivity index (χ0n) is 14.8. The summed E-state index contributed by atoms with van der Waals surface area (Å²) in [4.78, 5) is 32.1. The highest BCUT2D eigenvalue weighted by atomic mass is 16.2. The third-order valence-corrected chi connectivity index (χ3v) is 3.64. The van der Waals surface area contributed by atoms with Crippen LogP contribution in [0.3, 0.4) is 0 Å². The molecule has 0 aliphatic rings. The first-order valence-corrected chi connectivity index (χ1v) is 8.39. The number of rotatable bonds is 6. The Bertz CT molecular complexity index is 944. The summed E-state index contributed by atoms with van der Waals surface area (Å²) in [5.41, 5.74) is 2.56. The predicted octanol–water partition coefficient (Wildman–Crippen LogP) is 3.30. The Balaban J connectivity index is 1.65. The number of nitrogens with zero attached hydrogens (tertiary/aromatic N) is 2. The molecular weight excluding hydrogens is 342 g/mol. The van der Waals surface area contributed by atoms with E-state index in [0.717, 1.165) is 5.69 Å². The average molecular weight is 361 g/mol. The number of pyridine rings is 2. The number of aromatic nitrogens is 2. The van der Waals surface area contributed by atoms with Gasteiger partial charge in [0.2, 0.25) is 5.91 Å². The van der Waals surface area contributed by atoms with Crippen LogP contribution in [0.1, 0.15) is 23.0 Å². The number of hydrogen-bond acceptors (Lipinski definition) is 5. The number of hydrogen-bond donors (Lipinski definition) is 3. The van der Waals surface area contributed by atoms with Gasteiger partial charge >= 0.3 is 0 Å². The minimum absolute atomic E-state index is 0.170. The highest BCUT2D eigenvalue weighted by Crippen LogP contribution is 2.17. The lowest BCUT2D eigenvalue weighted by Gasteiger charge is -2.09. The molecule has 0 fully saturated rings. The summed E-state index contributed by atoms with van der Waals surface area (Å²) in [5.74, 6) is 0.148. The molecule has 7 nitrogen and oxygen atoms in total. The Morgan fingerprint density at radius 1 is 0.889 bits per heavy atom. The van der Waals surface area contributed by atoms with Gasteiger partial charge in [0, 0.05) is 36.3 Å². The first-order chi connectivity index (χ1) is 13.1. The van der Waals surface area contributed by atoms with Crippen molar-refractivity contribution in [2.24, 2.45) is 0 Å². The Morgan fingerprint density at radius 3 is 2.44 bits per heavy atom. The molecule has 0 bridgehead atoms. The fraction of sp³-hybridized carbons (Fsp3) is 0.100. The smallest absolute Gasteiger partial charge is 0.255 e. The lowest BCUT2D eigenvalue weighted by molar-refractivity contribution is -0.114. The summed E-state index contributed by atoms with van der Waals surface area (Å²) < 4.78 is 0. The molecule has 0 saturated carbocycles. The van der Waals surface area contributed by atoms with E-state index in [1.807, 2.05) is 18.2 Å². The molecule has 1 aromatic carbocycles. The van der Waals surface area contributed by atoms with Crippen molar-refractivity contribution >= 4 is 29.0 Å². The van der Waals surface area contributed by atoms with Gasteiger partial charge in [0.15, 0.2) is 0 Å². The van der Waals surface area contributed by atoms with Gasteiger partial charge in [-0.3, -0.25) is 14.6 Å². The van der Waals surface area contributed by atoms with Gasteiger partial charge in [-0.15, -0.1) is 0 Å². The van der Waals surface area contributed by atoms with Crippen molar-refractivity contribution in [3.63, 3.8) is 0 Å². The van der Waals surface area contributed by atoms with Gasteiger partial charge < -0.3 is 16.0 Å². The number of benzene rings is 1. The van der Waals surface area contributed by atoms with Crippen molar-refractivity contribution < 1.29 is 9.59 Å². The molecular formula is C20H19N5O2. The molecule has 0 unspecified atom stereocenters. The molecule has 0 saturated heterocycles. The first-order valence-electron chi connectivity index (χ1n) is 8.39. The third-order valence-electron chi connectivity index (χ3n) is 3.64. The molecule has 2 heterocycles. The van der Waals surface area contributed by atoms with Crippen LogP contribution in [-0.4, -0.2) is 21.8 Å². The molecule has 0 aliphatic heterocycles. The van der Waals surface area contributed by atoms with Crippen LogP contribution >= 0.6 is 0 Å². The number of anilines is 3. The van der Waals surface area contributed by atoms with Gasteiger partial charge in [-0.2, -0.15) is 0 Å². The maximum absolute atomic E-state index is 12.5. The molecule has 0 spiro atoms. The molecule has 27 heavy (non-hydrogen) atoms. The lowest BCUT2D eigenvalue weighted by atomic mass is 10.2. The Hall–Kier alpha value is -3.74. The maximum Gasteiger partial charge on any atom is 0.255 e. The van der Waals surface area contributed by atoms with Gasteiger partial charge in [-0.25, -0.2) is 4.98 Å². The Kier molecular flexibility index (Phi) is 5.73. The van der Waals surface area contributed by atoms with Crippen LogP contribution in [0.5, 0.6) is 0 Å². The summed E-state index contributed by atoms with van der Waals surface area (Å²) in [6.45, 7) is 1.94. The van der Waals surface area contributed by atoms with E-state index in [2.05, 4.69) is 25.9 Å². The van der Waals surface area contributed by atoms with Gasteiger partial charge in [0.25, 0.3) is 5.91 Å². The SMILES string of the molecule is CC(=O)Nc1cccc(NC(=O)c2ccnc(NCc3ccccn3)c2)c1. The minimum atomic E-state index is -0.265. The van der Waals surface area contributed by atoms with Crippen LogP contribution in [0.4, 0.5) is 17.2 Å². The number of carbonyl (C=O) groups is 2. The number of amides is 2. The van der Waals surface area contributed by atoms with Crippen molar-refractivity contribution in [1.29, 1.82) is 0 Å². The fourth-order valence-corrected chi connectivity index (χ4v) is 2.43. The van der Waals surface area contributed by atoms with Crippen molar-refractivity contribution in [2.45, 2.75) is 13.5 Å². The normalized spacial score (nSPS) is 10.1. The highest BCUT2D eigenvalue weighted by molar-refractivity contribution is 6.05. The largest absolute Gasteiger partial charge is 0.364 e. The van der Waals surface area contributed by atoms with Crippen molar-refractivity contribution in [2.75, 3.05) is 16.0 Å². The van der Waals surface area contributed by atoms with Gasteiger partial charge in [0.05, 0.1) is 12.2 Å². The zero-order chi connectivity index (χ0) is 19.1. The second-order valence-corrected chi connectivity index (χ2v) is 5.82. The molecule has 136 valence electrons. The van der Waals surface area contributed by atoms with Crippen molar-refractivity contribution in [3.05, 3.63) is 78.2 Å². The first kappa shape index (κ1) is 18.1. The van der Waals surface area contributed by atoms with E-state index in [-0.39, 0.29) is 11.8 Å². The second kappa shape index (κ2) is 8.57. The van der Waals surface area contributed by atoms with E-state index in [1.54, 1.807) is 48.8 Å². The van der Waals surface area contributed by atoms with E-state index >= 15 is 0 Å². The lowest BCUT2D eigenvalue weighted by Crippen LogP contribution is -2.13. The Labute approximate surface area is 156 Å². The monoisotopic (exact) mass is 361 g/mol. The summed E-state index contributed by atoms with van der Waals surface area (Å²) in [5, 5.41) is 8.65. The summed E-state index contributed by atoms with van der Waals surface area (Å²) in [6.07, 6.45) is 3.30.